The zero-order chi connectivity index (χ0) is 16.8. The number of fused-ring (bicyclic) bond motifs is 2. The summed E-state index contributed by atoms with van der Waals surface area (Å²) in [6.07, 6.45) is 0. The molecule has 0 saturated carbocycles. The average molecular weight is 455 g/mol. The molecule has 0 atom stereocenters. The molecule has 0 radical (unpaired) electrons. The largest absolute Gasteiger partial charge is 1.00 e. The van der Waals surface area contributed by atoms with E-state index in [9.17, 15) is 0 Å². The molecule has 0 aliphatic rings. The Balaban J connectivity index is 0.00000121. The second kappa shape index (κ2) is 8.38. The summed E-state index contributed by atoms with van der Waals surface area (Å²) in [4.78, 5) is 0. The van der Waals surface area contributed by atoms with Crippen molar-refractivity contribution in [3.63, 3.8) is 0 Å². The molecule has 0 aliphatic heterocycles. The number of benzene rings is 3. The van der Waals surface area contributed by atoms with Gasteiger partial charge in [-0.05, 0) is 0 Å². The molecular weight excluding hydrogens is 437 g/mol. The van der Waals surface area contributed by atoms with Crippen molar-refractivity contribution >= 4 is 31.5 Å². The molecule has 4 aromatic rings. The molecule has 4 rings (SSSR count). The van der Waals surface area contributed by atoms with Gasteiger partial charge < -0.3 is 24.8 Å². The Morgan fingerprint density at radius 1 is 0.731 bits per heavy atom. The average Bonchev–Trinajstić information content (AvgIpc) is 2.53. The summed E-state index contributed by atoms with van der Waals surface area (Å²) < 4.78 is 1.40. The Hall–Kier alpha value is -0.942. The van der Waals surface area contributed by atoms with Crippen molar-refractivity contribution in [1.82, 2.24) is 0 Å². The third-order valence-electron chi connectivity index (χ3n) is 4.79. The molecule has 0 nitrogen and oxygen atoms in total. The van der Waals surface area contributed by atoms with Crippen molar-refractivity contribution in [2.45, 2.75) is 20.8 Å². The molecule has 0 aliphatic carbocycles. The fourth-order valence-electron chi connectivity index (χ4n) is 3.91. The topological polar surface area (TPSA) is 0 Å². The van der Waals surface area contributed by atoms with Crippen LogP contribution in [0.3, 0.4) is 0 Å². The second-order valence-corrected chi connectivity index (χ2v) is 8.10. The van der Waals surface area contributed by atoms with Crippen molar-refractivity contribution in [2.24, 2.45) is 0 Å². The summed E-state index contributed by atoms with van der Waals surface area (Å²) in [7, 11) is 0. The minimum absolute atomic E-state index is 0. The van der Waals surface area contributed by atoms with E-state index in [2.05, 4.69) is 82.3 Å². The van der Waals surface area contributed by atoms with Gasteiger partial charge in [0.2, 0.25) is 0 Å². The molecule has 26 heavy (non-hydrogen) atoms. The minimum Gasteiger partial charge on any atom is -1.00 e. The Morgan fingerprint density at radius 3 is 2.08 bits per heavy atom. The number of hydrogen-bond acceptors (Lipinski definition) is 0. The molecular formula is C22H18BCl2Zr. The predicted octanol–water partition coefficient (Wildman–Crippen LogP) is -0.897. The summed E-state index contributed by atoms with van der Waals surface area (Å²) >= 11 is 1.46. The third-order valence-corrected chi connectivity index (χ3v) is 5.56. The maximum atomic E-state index is 2.37. The summed E-state index contributed by atoms with van der Waals surface area (Å²) in [5.41, 5.74) is 6.84. The summed E-state index contributed by atoms with van der Waals surface area (Å²) in [5, 5.41) is 5.37. The molecule has 0 spiro atoms. The molecule has 0 unspecified atom stereocenters. The second-order valence-electron chi connectivity index (χ2n) is 6.68. The van der Waals surface area contributed by atoms with Crippen LogP contribution in [0.1, 0.15) is 16.7 Å². The molecule has 3 aromatic carbocycles. The molecule has 4 heteroatoms. The van der Waals surface area contributed by atoms with Crippen molar-refractivity contribution in [3.8, 4) is 11.1 Å². The number of rotatable bonds is 1. The Labute approximate surface area is 183 Å². The van der Waals surface area contributed by atoms with Gasteiger partial charge in [0.25, 0.3) is 0 Å². The fraction of sp³-hybridized carbons (Fsp3) is 0.136. The van der Waals surface area contributed by atoms with Crippen LogP contribution in [0.4, 0.5) is 0 Å². The van der Waals surface area contributed by atoms with Gasteiger partial charge in [-0.3, -0.25) is 0 Å². The molecule has 1 heterocycles. The number of halogens is 2. The molecule has 127 valence electrons. The van der Waals surface area contributed by atoms with Gasteiger partial charge in [-0.15, -0.1) is 0 Å². The van der Waals surface area contributed by atoms with E-state index in [4.69, 9.17) is 0 Å². The van der Waals surface area contributed by atoms with E-state index in [1.54, 1.807) is 0 Å². The maximum Gasteiger partial charge on any atom is -1.00 e. The molecule has 0 N–H and O–H groups in total. The quantitative estimate of drug-likeness (QED) is 0.327. The zero-order valence-electron chi connectivity index (χ0n) is 15.0. The zero-order valence-corrected chi connectivity index (χ0v) is 19.0. The van der Waals surface area contributed by atoms with Crippen LogP contribution in [0.5, 0.6) is 0 Å². The standard InChI is InChI=1S/C22H18B.2ClH.Zr/c1-14-11-15(2)20(16(3)12-14)21-19-9-5-4-7-17(19)13-18-8-6-10-23-22(18)21;;;/h4-9,11-13H,1-3H3;2*1H;/q;;;+2/p-2. The molecule has 0 saturated heterocycles. The number of hydrogen-bond donors (Lipinski definition) is 0. The monoisotopic (exact) mass is 453 g/mol. The fourth-order valence-corrected chi connectivity index (χ4v) is 4.47. The van der Waals surface area contributed by atoms with Crippen molar-refractivity contribution < 1.29 is 49.5 Å². The van der Waals surface area contributed by atoms with Gasteiger partial charge in [0, 0.05) is 0 Å². The first-order chi connectivity index (χ1) is 11.5. The Kier molecular flexibility index (Phi) is 6.89. The van der Waals surface area contributed by atoms with Gasteiger partial charge in [0.15, 0.2) is 0 Å². The molecule has 0 fully saturated rings. The van der Waals surface area contributed by atoms with Crippen LogP contribution >= 0.6 is 0 Å². The first kappa shape index (κ1) is 21.4. The van der Waals surface area contributed by atoms with Gasteiger partial charge in [0.1, 0.15) is 0 Å². The number of aryl methyl sites for hydroxylation is 3. The minimum atomic E-state index is 0. The first-order valence-corrected chi connectivity index (χ1v) is 9.53. The molecule has 0 amide bonds. The molecule has 0 bridgehead atoms. The van der Waals surface area contributed by atoms with Crippen LogP contribution in [0, 0.1) is 20.8 Å². The predicted molar refractivity (Wildman–Crippen MR) is 102 cm³/mol. The van der Waals surface area contributed by atoms with E-state index in [0.717, 1.165) is 0 Å². The summed E-state index contributed by atoms with van der Waals surface area (Å²) in [5.74, 6) is 0. The van der Waals surface area contributed by atoms with Gasteiger partial charge in [-0.1, -0.05) is 0 Å². The van der Waals surface area contributed by atoms with Crippen LogP contribution in [0.2, 0.25) is 0 Å². The van der Waals surface area contributed by atoms with E-state index < -0.39 is 0 Å². The normalized spacial score (nSPS) is 10.3. The van der Waals surface area contributed by atoms with Crippen LogP contribution in [-0.4, -0.2) is 6.91 Å². The Morgan fingerprint density at radius 2 is 1.38 bits per heavy atom. The van der Waals surface area contributed by atoms with Crippen molar-refractivity contribution in [3.05, 3.63) is 71.3 Å². The van der Waals surface area contributed by atoms with Gasteiger partial charge in [-0.25, -0.2) is 0 Å². The van der Waals surface area contributed by atoms with E-state index in [1.807, 2.05) is 0 Å². The third kappa shape index (κ3) is 3.70. The summed E-state index contributed by atoms with van der Waals surface area (Å²) in [6.45, 7) is 9.03. The van der Waals surface area contributed by atoms with Crippen LogP contribution in [-0.2, 0) is 24.7 Å². The van der Waals surface area contributed by atoms with E-state index >= 15 is 0 Å². The van der Waals surface area contributed by atoms with E-state index in [-0.39, 0.29) is 24.8 Å². The van der Waals surface area contributed by atoms with E-state index in [0.29, 0.717) is 0 Å². The Bertz CT molecular complexity index is 1080. The van der Waals surface area contributed by atoms with Crippen LogP contribution in [0.15, 0.2) is 54.6 Å². The van der Waals surface area contributed by atoms with Gasteiger partial charge in [-0.2, -0.15) is 0 Å². The van der Waals surface area contributed by atoms with Crippen LogP contribution < -0.4 is 28.0 Å². The van der Waals surface area contributed by atoms with Crippen LogP contribution in [0.25, 0.3) is 32.6 Å². The van der Waals surface area contributed by atoms with E-state index in [1.165, 1.54) is 77.1 Å². The van der Waals surface area contributed by atoms with Crippen molar-refractivity contribution in [2.75, 3.05) is 0 Å². The molecule has 1 aromatic heterocycles. The van der Waals surface area contributed by atoms with Crippen molar-refractivity contribution in [1.29, 1.82) is 0 Å². The smallest absolute Gasteiger partial charge is 1.00 e. The van der Waals surface area contributed by atoms with Gasteiger partial charge in [0.05, 0.1) is 0 Å². The maximum absolute atomic E-state index is 2.37. The summed E-state index contributed by atoms with van der Waals surface area (Å²) in [6, 6.07) is 20.2. The SMILES string of the molecule is Cc1cc(C)c(-c2c3b[c]([Zr+2])ccc3cc3ccccc23)c(C)c1.[Cl-].[Cl-]. The van der Waals surface area contributed by atoms with Gasteiger partial charge >= 0.3 is 159 Å². The first-order valence-electron chi connectivity index (χ1n) is 8.30.